The second kappa shape index (κ2) is 6.62. The summed E-state index contributed by atoms with van der Waals surface area (Å²) in [6.45, 7) is 2.03. The first-order valence-corrected chi connectivity index (χ1v) is 7.41. The zero-order valence-corrected chi connectivity index (χ0v) is 13.5. The molecular formula is C17H15ClN4O. The molecule has 3 aromatic rings. The molecular weight excluding hydrogens is 312 g/mol. The van der Waals surface area contributed by atoms with Crippen LogP contribution in [0.25, 0.3) is 11.4 Å². The number of hydrogen-bond acceptors (Lipinski definition) is 5. The SMILES string of the molecule is COc1ccc(-c2nc(Cl)nc(Nc3ccc(C)cc3)n2)cc1. The Bertz CT molecular complexity index is 804. The van der Waals surface area contributed by atoms with Crippen molar-refractivity contribution in [2.75, 3.05) is 12.4 Å². The molecule has 1 aromatic heterocycles. The minimum absolute atomic E-state index is 0.139. The van der Waals surface area contributed by atoms with E-state index in [4.69, 9.17) is 16.3 Å². The van der Waals surface area contributed by atoms with Crippen LogP contribution in [0.2, 0.25) is 5.28 Å². The molecule has 3 rings (SSSR count). The van der Waals surface area contributed by atoms with Gasteiger partial charge >= 0.3 is 0 Å². The van der Waals surface area contributed by atoms with Crippen LogP contribution in [0.1, 0.15) is 5.56 Å². The molecule has 0 radical (unpaired) electrons. The van der Waals surface area contributed by atoms with Crippen LogP contribution in [0.5, 0.6) is 5.75 Å². The van der Waals surface area contributed by atoms with Gasteiger partial charge in [-0.05, 0) is 54.9 Å². The van der Waals surface area contributed by atoms with Gasteiger partial charge in [0.05, 0.1) is 7.11 Å². The lowest BCUT2D eigenvalue weighted by Gasteiger charge is -2.08. The average Bonchev–Trinajstić information content (AvgIpc) is 2.56. The van der Waals surface area contributed by atoms with Crippen molar-refractivity contribution < 1.29 is 4.74 Å². The first-order chi connectivity index (χ1) is 11.1. The van der Waals surface area contributed by atoms with Gasteiger partial charge in [-0.3, -0.25) is 0 Å². The lowest BCUT2D eigenvalue weighted by atomic mass is 10.2. The van der Waals surface area contributed by atoms with Crippen LogP contribution >= 0.6 is 11.6 Å². The summed E-state index contributed by atoms with van der Waals surface area (Å²) in [5, 5.41) is 3.27. The summed E-state index contributed by atoms with van der Waals surface area (Å²) in [4.78, 5) is 12.7. The van der Waals surface area contributed by atoms with Gasteiger partial charge < -0.3 is 10.1 Å². The number of hydrogen-bond donors (Lipinski definition) is 1. The normalized spacial score (nSPS) is 10.4. The highest BCUT2D eigenvalue weighted by atomic mass is 35.5. The topological polar surface area (TPSA) is 59.9 Å². The van der Waals surface area contributed by atoms with E-state index in [1.54, 1.807) is 7.11 Å². The zero-order valence-electron chi connectivity index (χ0n) is 12.7. The number of anilines is 2. The van der Waals surface area contributed by atoms with Gasteiger partial charge in [-0.25, -0.2) is 0 Å². The minimum atomic E-state index is 0.139. The summed E-state index contributed by atoms with van der Waals surface area (Å²) in [7, 11) is 1.62. The maximum Gasteiger partial charge on any atom is 0.232 e. The maximum absolute atomic E-state index is 6.02. The van der Waals surface area contributed by atoms with Crippen LogP contribution in [0.4, 0.5) is 11.6 Å². The highest BCUT2D eigenvalue weighted by molar-refractivity contribution is 6.28. The quantitative estimate of drug-likeness (QED) is 0.776. The van der Waals surface area contributed by atoms with E-state index in [-0.39, 0.29) is 5.28 Å². The van der Waals surface area contributed by atoms with Gasteiger partial charge in [0.1, 0.15) is 5.75 Å². The van der Waals surface area contributed by atoms with E-state index >= 15 is 0 Å². The molecule has 116 valence electrons. The van der Waals surface area contributed by atoms with Gasteiger partial charge in [-0.2, -0.15) is 15.0 Å². The molecule has 0 unspecified atom stereocenters. The van der Waals surface area contributed by atoms with Gasteiger partial charge in [0.2, 0.25) is 11.2 Å². The summed E-state index contributed by atoms with van der Waals surface area (Å²) >= 11 is 6.02. The number of aromatic nitrogens is 3. The van der Waals surface area contributed by atoms with Crippen LogP contribution in [-0.2, 0) is 0 Å². The molecule has 0 aliphatic rings. The van der Waals surface area contributed by atoms with Crippen molar-refractivity contribution in [1.82, 2.24) is 15.0 Å². The van der Waals surface area contributed by atoms with Gasteiger partial charge in [0.15, 0.2) is 5.82 Å². The lowest BCUT2D eigenvalue weighted by Crippen LogP contribution is -2.01. The molecule has 0 aliphatic heterocycles. The number of nitrogens with zero attached hydrogens (tertiary/aromatic N) is 3. The van der Waals surface area contributed by atoms with Crippen LogP contribution in [0.15, 0.2) is 48.5 Å². The van der Waals surface area contributed by atoms with Crippen molar-refractivity contribution in [3.63, 3.8) is 0 Å². The Labute approximate surface area is 139 Å². The van der Waals surface area contributed by atoms with E-state index in [9.17, 15) is 0 Å². The molecule has 0 atom stereocenters. The van der Waals surface area contributed by atoms with E-state index < -0.39 is 0 Å². The molecule has 2 aromatic carbocycles. The molecule has 0 saturated heterocycles. The predicted octanol–water partition coefficient (Wildman–Crippen LogP) is 4.25. The first-order valence-electron chi connectivity index (χ1n) is 7.04. The summed E-state index contributed by atoms with van der Waals surface area (Å²) in [6, 6.07) is 15.4. The second-order valence-electron chi connectivity index (χ2n) is 4.97. The summed E-state index contributed by atoms with van der Waals surface area (Å²) in [5.41, 5.74) is 2.91. The molecule has 0 spiro atoms. The van der Waals surface area contributed by atoms with E-state index in [1.165, 1.54) is 5.56 Å². The molecule has 5 nitrogen and oxygen atoms in total. The number of nitrogens with one attached hydrogen (secondary N) is 1. The third-order valence-corrected chi connectivity index (χ3v) is 3.43. The first kappa shape index (κ1) is 15.2. The largest absolute Gasteiger partial charge is 0.497 e. The standard InChI is InChI=1S/C17H15ClN4O/c1-11-3-7-13(8-4-11)19-17-21-15(20-16(18)22-17)12-5-9-14(23-2)10-6-12/h3-10H,1-2H3,(H,19,20,21,22). The number of benzene rings is 2. The monoisotopic (exact) mass is 326 g/mol. The molecule has 1 N–H and O–H groups in total. The van der Waals surface area contributed by atoms with Gasteiger partial charge in [0, 0.05) is 11.3 Å². The van der Waals surface area contributed by atoms with E-state index in [0.717, 1.165) is 17.0 Å². The fourth-order valence-corrected chi connectivity index (χ4v) is 2.20. The van der Waals surface area contributed by atoms with Crippen LogP contribution in [-0.4, -0.2) is 22.1 Å². The van der Waals surface area contributed by atoms with Crippen LogP contribution in [0.3, 0.4) is 0 Å². The maximum atomic E-state index is 6.02. The molecule has 1 heterocycles. The van der Waals surface area contributed by atoms with Crippen molar-refractivity contribution in [2.24, 2.45) is 0 Å². The molecule has 0 fully saturated rings. The fourth-order valence-electron chi connectivity index (χ4n) is 2.04. The van der Waals surface area contributed by atoms with Crippen molar-refractivity contribution in [1.29, 1.82) is 0 Å². The molecule has 6 heteroatoms. The molecule has 0 bridgehead atoms. The predicted molar refractivity (Wildman–Crippen MR) is 91.3 cm³/mol. The average molecular weight is 327 g/mol. The third-order valence-electron chi connectivity index (χ3n) is 3.26. The second-order valence-corrected chi connectivity index (χ2v) is 5.31. The Kier molecular flexibility index (Phi) is 4.39. The zero-order chi connectivity index (χ0) is 16.2. The number of halogens is 1. The number of aryl methyl sites for hydroxylation is 1. The number of methoxy groups -OCH3 is 1. The third kappa shape index (κ3) is 3.76. The highest BCUT2D eigenvalue weighted by Crippen LogP contribution is 2.22. The van der Waals surface area contributed by atoms with Crippen molar-refractivity contribution in [3.05, 3.63) is 59.4 Å². The van der Waals surface area contributed by atoms with Gasteiger partial charge in [-0.1, -0.05) is 17.7 Å². The Morgan fingerprint density at radius 1 is 0.913 bits per heavy atom. The molecule has 0 aliphatic carbocycles. The van der Waals surface area contributed by atoms with Crippen molar-refractivity contribution >= 4 is 23.2 Å². The summed E-state index contributed by atoms with van der Waals surface area (Å²) < 4.78 is 5.15. The minimum Gasteiger partial charge on any atom is -0.497 e. The summed E-state index contributed by atoms with van der Waals surface area (Å²) in [5.74, 6) is 1.67. The fraction of sp³-hybridized carbons (Fsp3) is 0.118. The number of rotatable bonds is 4. The van der Waals surface area contributed by atoms with Crippen LogP contribution in [0, 0.1) is 6.92 Å². The Morgan fingerprint density at radius 2 is 1.61 bits per heavy atom. The summed E-state index contributed by atoms with van der Waals surface area (Å²) in [6.07, 6.45) is 0. The Balaban J connectivity index is 1.90. The Morgan fingerprint density at radius 3 is 2.26 bits per heavy atom. The van der Waals surface area contributed by atoms with E-state index in [0.29, 0.717) is 11.8 Å². The van der Waals surface area contributed by atoms with Crippen molar-refractivity contribution in [3.8, 4) is 17.1 Å². The molecule has 0 amide bonds. The highest BCUT2D eigenvalue weighted by Gasteiger charge is 2.08. The lowest BCUT2D eigenvalue weighted by molar-refractivity contribution is 0.415. The molecule has 0 saturated carbocycles. The Hall–Kier alpha value is -2.66. The van der Waals surface area contributed by atoms with Gasteiger partial charge in [0.25, 0.3) is 0 Å². The molecule has 23 heavy (non-hydrogen) atoms. The van der Waals surface area contributed by atoms with Crippen molar-refractivity contribution in [2.45, 2.75) is 6.92 Å². The smallest absolute Gasteiger partial charge is 0.232 e. The number of ether oxygens (including phenoxy) is 1. The van der Waals surface area contributed by atoms with Crippen LogP contribution < -0.4 is 10.1 Å². The van der Waals surface area contributed by atoms with Gasteiger partial charge in [-0.15, -0.1) is 0 Å². The van der Waals surface area contributed by atoms with E-state index in [1.807, 2.05) is 55.5 Å². The van der Waals surface area contributed by atoms with E-state index in [2.05, 4.69) is 20.3 Å².